The first-order valence-corrected chi connectivity index (χ1v) is 5.98. The van der Waals surface area contributed by atoms with Crippen LogP contribution < -0.4 is 10.1 Å². The topological polar surface area (TPSA) is 41.5 Å². The first-order chi connectivity index (χ1) is 7.83. The van der Waals surface area contributed by atoms with Gasteiger partial charge in [0.05, 0.1) is 6.61 Å². The number of benzene rings is 1. The molecule has 3 heteroatoms. The van der Waals surface area contributed by atoms with E-state index >= 15 is 0 Å². The minimum absolute atomic E-state index is 0.361. The van der Waals surface area contributed by atoms with E-state index < -0.39 is 0 Å². The van der Waals surface area contributed by atoms with Crippen molar-refractivity contribution < 1.29 is 9.84 Å². The van der Waals surface area contributed by atoms with Gasteiger partial charge in [-0.3, -0.25) is 0 Å². The maximum absolute atomic E-state index is 9.96. The summed E-state index contributed by atoms with van der Waals surface area (Å²) in [7, 11) is 0. The molecule has 1 fully saturated rings. The molecule has 1 unspecified atom stereocenters. The normalized spacial score (nSPS) is 20.7. The predicted molar refractivity (Wildman–Crippen MR) is 64.1 cm³/mol. The van der Waals surface area contributed by atoms with Gasteiger partial charge in [-0.1, -0.05) is 6.07 Å². The molecule has 1 aromatic carbocycles. The Labute approximate surface area is 96.4 Å². The molecule has 88 valence electrons. The summed E-state index contributed by atoms with van der Waals surface area (Å²) in [5.74, 6) is 1.56. The molecule has 1 aromatic rings. The Morgan fingerprint density at radius 2 is 2.38 bits per heavy atom. The highest BCUT2D eigenvalue weighted by Crippen LogP contribution is 2.37. The van der Waals surface area contributed by atoms with Gasteiger partial charge in [0, 0.05) is 18.0 Å². The van der Waals surface area contributed by atoms with Crippen LogP contribution in [0.2, 0.25) is 0 Å². The molecule has 16 heavy (non-hydrogen) atoms. The van der Waals surface area contributed by atoms with E-state index in [4.69, 9.17) is 4.74 Å². The van der Waals surface area contributed by atoms with E-state index in [1.807, 2.05) is 19.1 Å². The highest BCUT2D eigenvalue weighted by molar-refractivity contribution is 5.46. The zero-order valence-corrected chi connectivity index (χ0v) is 9.70. The standard InChI is InChI=1S/C13H19NO2/c1-2-16-12-7-3-6-11(15)13(12)10-5-4-8-14-9-10/h3,6-7,10,14-15H,2,4-5,8-9H2,1H3. The monoisotopic (exact) mass is 221 g/mol. The molecule has 1 saturated heterocycles. The van der Waals surface area contributed by atoms with E-state index in [1.165, 1.54) is 0 Å². The second-order valence-electron chi connectivity index (χ2n) is 4.17. The van der Waals surface area contributed by atoms with E-state index in [0.717, 1.165) is 37.2 Å². The average molecular weight is 221 g/mol. The second kappa shape index (κ2) is 5.21. The molecule has 0 radical (unpaired) electrons. The fraction of sp³-hybridized carbons (Fsp3) is 0.538. The molecule has 0 spiro atoms. The molecule has 2 N–H and O–H groups in total. The molecule has 1 atom stereocenters. The minimum atomic E-state index is 0.361. The van der Waals surface area contributed by atoms with E-state index in [1.54, 1.807) is 6.07 Å². The van der Waals surface area contributed by atoms with Crippen LogP contribution in [-0.2, 0) is 0 Å². The Bertz CT molecular complexity index is 346. The van der Waals surface area contributed by atoms with Gasteiger partial charge in [-0.05, 0) is 38.4 Å². The smallest absolute Gasteiger partial charge is 0.126 e. The lowest BCUT2D eigenvalue weighted by Crippen LogP contribution is -2.28. The number of phenolic OH excluding ortho intramolecular Hbond substituents is 1. The number of rotatable bonds is 3. The fourth-order valence-electron chi connectivity index (χ4n) is 2.32. The van der Waals surface area contributed by atoms with Gasteiger partial charge >= 0.3 is 0 Å². The molecule has 1 aliphatic heterocycles. The Morgan fingerprint density at radius 1 is 1.50 bits per heavy atom. The molecule has 1 heterocycles. The van der Waals surface area contributed by atoms with Gasteiger partial charge in [0.15, 0.2) is 0 Å². The van der Waals surface area contributed by atoms with Crippen LogP contribution >= 0.6 is 0 Å². The second-order valence-corrected chi connectivity index (χ2v) is 4.17. The summed E-state index contributed by atoms with van der Waals surface area (Å²) in [4.78, 5) is 0. The largest absolute Gasteiger partial charge is 0.508 e. The highest BCUT2D eigenvalue weighted by Gasteiger charge is 2.21. The van der Waals surface area contributed by atoms with Gasteiger partial charge in [-0.25, -0.2) is 0 Å². The number of ether oxygens (including phenoxy) is 1. The molecule has 0 saturated carbocycles. The summed E-state index contributed by atoms with van der Waals surface area (Å²) < 4.78 is 5.58. The Balaban J connectivity index is 2.28. The van der Waals surface area contributed by atoms with E-state index in [9.17, 15) is 5.11 Å². The fourth-order valence-corrected chi connectivity index (χ4v) is 2.32. The summed E-state index contributed by atoms with van der Waals surface area (Å²) >= 11 is 0. The van der Waals surface area contributed by atoms with Crippen molar-refractivity contribution >= 4 is 0 Å². The lowest BCUT2D eigenvalue weighted by Gasteiger charge is -2.25. The molecule has 3 nitrogen and oxygen atoms in total. The van der Waals surface area contributed by atoms with Crippen molar-refractivity contribution in [2.75, 3.05) is 19.7 Å². The van der Waals surface area contributed by atoms with Crippen LogP contribution in [0.15, 0.2) is 18.2 Å². The van der Waals surface area contributed by atoms with Gasteiger partial charge in [0.1, 0.15) is 11.5 Å². The predicted octanol–water partition coefficient (Wildman–Crippen LogP) is 2.26. The van der Waals surface area contributed by atoms with Crippen LogP contribution in [0.25, 0.3) is 0 Å². The molecule has 0 bridgehead atoms. The summed E-state index contributed by atoms with van der Waals surface area (Å²) in [6.45, 7) is 4.61. The van der Waals surface area contributed by atoms with E-state index in [2.05, 4.69) is 5.32 Å². The summed E-state index contributed by atoms with van der Waals surface area (Å²) in [6, 6.07) is 5.51. The third-order valence-corrected chi connectivity index (χ3v) is 3.05. The van der Waals surface area contributed by atoms with Crippen molar-refractivity contribution in [1.82, 2.24) is 5.32 Å². The van der Waals surface area contributed by atoms with Crippen molar-refractivity contribution in [3.8, 4) is 11.5 Å². The van der Waals surface area contributed by atoms with Crippen molar-refractivity contribution in [3.63, 3.8) is 0 Å². The minimum Gasteiger partial charge on any atom is -0.508 e. The van der Waals surface area contributed by atoms with Crippen molar-refractivity contribution in [3.05, 3.63) is 23.8 Å². The molecule has 1 aliphatic rings. The third kappa shape index (κ3) is 2.30. The Kier molecular flexibility index (Phi) is 3.67. The van der Waals surface area contributed by atoms with Gasteiger partial charge in [0.25, 0.3) is 0 Å². The lowest BCUT2D eigenvalue weighted by atomic mass is 9.90. The van der Waals surface area contributed by atoms with Crippen LogP contribution in [0.5, 0.6) is 11.5 Å². The van der Waals surface area contributed by atoms with Crippen molar-refractivity contribution in [2.45, 2.75) is 25.7 Å². The number of nitrogens with one attached hydrogen (secondary N) is 1. The summed E-state index contributed by atoms with van der Waals surface area (Å²) in [6.07, 6.45) is 2.27. The van der Waals surface area contributed by atoms with Crippen molar-refractivity contribution in [2.24, 2.45) is 0 Å². The van der Waals surface area contributed by atoms with Gasteiger partial charge in [-0.15, -0.1) is 0 Å². The number of hydrogen-bond acceptors (Lipinski definition) is 3. The lowest BCUT2D eigenvalue weighted by molar-refractivity contribution is 0.324. The summed E-state index contributed by atoms with van der Waals surface area (Å²) in [5, 5.41) is 13.3. The SMILES string of the molecule is CCOc1cccc(O)c1C1CCCNC1. The third-order valence-electron chi connectivity index (χ3n) is 3.05. The molecule has 0 aliphatic carbocycles. The molecular formula is C13H19NO2. The Hall–Kier alpha value is -1.22. The van der Waals surface area contributed by atoms with Gasteiger partial charge in [-0.2, -0.15) is 0 Å². The number of phenols is 1. The Morgan fingerprint density at radius 3 is 3.06 bits per heavy atom. The van der Waals surface area contributed by atoms with E-state index in [0.29, 0.717) is 18.3 Å². The van der Waals surface area contributed by atoms with E-state index in [-0.39, 0.29) is 0 Å². The molecule has 0 aromatic heterocycles. The summed E-state index contributed by atoms with van der Waals surface area (Å²) in [5.41, 5.74) is 0.969. The molecule has 0 amide bonds. The van der Waals surface area contributed by atoms with Crippen LogP contribution in [0.3, 0.4) is 0 Å². The number of piperidine rings is 1. The van der Waals surface area contributed by atoms with Crippen LogP contribution in [0.1, 0.15) is 31.2 Å². The highest BCUT2D eigenvalue weighted by atomic mass is 16.5. The van der Waals surface area contributed by atoms with Crippen LogP contribution in [0, 0.1) is 0 Å². The first kappa shape index (κ1) is 11.3. The number of aromatic hydroxyl groups is 1. The first-order valence-electron chi connectivity index (χ1n) is 5.98. The number of hydrogen-bond donors (Lipinski definition) is 2. The quantitative estimate of drug-likeness (QED) is 0.822. The molecule has 2 rings (SSSR count). The van der Waals surface area contributed by atoms with Gasteiger partial charge < -0.3 is 15.2 Å². The zero-order valence-electron chi connectivity index (χ0n) is 9.70. The maximum Gasteiger partial charge on any atom is 0.126 e. The van der Waals surface area contributed by atoms with Gasteiger partial charge in [0.2, 0.25) is 0 Å². The van der Waals surface area contributed by atoms with Crippen LogP contribution in [-0.4, -0.2) is 24.8 Å². The zero-order chi connectivity index (χ0) is 11.4. The van der Waals surface area contributed by atoms with Crippen LogP contribution in [0.4, 0.5) is 0 Å². The van der Waals surface area contributed by atoms with Crippen molar-refractivity contribution in [1.29, 1.82) is 0 Å². The maximum atomic E-state index is 9.96. The molecular weight excluding hydrogens is 202 g/mol. The average Bonchev–Trinajstić information content (AvgIpc) is 2.31.